The van der Waals surface area contributed by atoms with Gasteiger partial charge in [-0.2, -0.15) is 0 Å². The second-order valence-electron chi connectivity index (χ2n) is 6.48. The number of nitrogens with zero attached hydrogens (tertiary/aromatic N) is 1. The van der Waals surface area contributed by atoms with Crippen LogP contribution in [0.25, 0.3) is 11.6 Å². The maximum atomic E-state index is 12.9. The Morgan fingerprint density at radius 2 is 1.81 bits per heavy atom. The number of allylic oxidation sites excluding steroid dienone is 1. The van der Waals surface area contributed by atoms with E-state index in [1.54, 1.807) is 6.92 Å². The molecule has 1 aliphatic heterocycles. The van der Waals surface area contributed by atoms with Crippen molar-refractivity contribution in [3.63, 3.8) is 0 Å². The van der Waals surface area contributed by atoms with E-state index in [0.29, 0.717) is 19.5 Å². The molecule has 1 N–H and O–H groups in total. The summed E-state index contributed by atoms with van der Waals surface area (Å²) in [6.07, 6.45) is 2.84. The van der Waals surface area contributed by atoms with Crippen LogP contribution < -0.4 is 10.2 Å². The standard InChI is InChI=1S/C22H24N2O2/c1-3-21(25)23-13-12-22(26)24-15-18-9-4-6-10-19(18)16(2)14-17-8-5-7-11-20(17)24/h4-11,14H,3,12-13,15H2,1-2H3,(H,23,25)/b16-14-. The average molecular weight is 348 g/mol. The van der Waals surface area contributed by atoms with Crippen molar-refractivity contribution >= 4 is 29.2 Å². The number of fused-ring (bicyclic) bond motifs is 2. The van der Waals surface area contributed by atoms with Gasteiger partial charge in [0, 0.05) is 19.4 Å². The summed E-state index contributed by atoms with van der Waals surface area (Å²) in [6.45, 7) is 4.80. The molecule has 3 rings (SSSR count). The number of hydrogen-bond acceptors (Lipinski definition) is 2. The largest absolute Gasteiger partial charge is 0.356 e. The molecule has 0 spiro atoms. The van der Waals surface area contributed by atoms with E-state index in [1.165, 1.54) is 11.1 Å². The van der Waals surface area contributed by atoms with Crippen LogP contribution >= 0.6 is 0 Å². The molecular weight excluding hydrogens is 324 g/mol. The number of hydrogen-bond donors (Lipinski definition) is 1. The molecule has 2 amide bonds. The zero-order valence-corrected chi connectivity index (χ0v) is 15.3. The van der Waals surface area contributed by atoms with Crippen molar-refractivity contribution in [2.24, 2.45) is 0 Å². The Balaban J connectivity index is 1.93. The fourth-order valence-electron chi connectivity index (χ4n) is 3.26. The molecule has 134 valence electrons. The van der Waals surface area contributed by atoms with Crippen LogP contribution in [0.4, 0.5) is 5.69 Å². The molecule has 26 heavy (non-hydrogen) atoms. The van der Waals surface area contributed by atoms with Gasteiger partial charge < -0.3 is 10.2 Å². The summed E-state index contributed by atoms with van der Waals surface area (Å²) in [5, 5.41) is 2.78. The van der Waals surface area contributed by atoms with Gasteiger partial charge in [-0.1, -0.05) is 49.4 Å². The molecule has 0 bridgehead atoms. The Kier molecular flexibility index (Phi) is 5.52. The summed E-state index contributed by atoms with van der Waals surface area (Å²) in [4.78, 5) is 26.2. The van der Waals surface area contributed by atoms with Crippen LogP contribution in [0.2, 0.25) is 0 Å². The molecule has 0 unspecified atom stereocenters. The second kappa shape index (κ2) is 8.00. The van der Waals surface area contributed by atoms with E-state index < -0.39 is 0 Å². The number of carbonyl (C=O) groups excluding carboxylic acids is 2. The van der Waals surface area contributed by atoms with Crippen molar-refractivity contribution < 1.29 is 9.59 Å². The highest BCUT2D eigenvalue weighted by Gasteiger charge is 2.21. The molecule has 0 fully saturated rings. The fraction of sp³-hybridized carbons (Fsp3) is 0.273. The number of anilines is 1. The highest BCUT2D eigenvalue weighted by Crippen LogP contribution is 2.32. The molecule has 2 aromatic rings. The second-order valence-corrected chi connectivity index (χ2v) is 6.48. The Bertz CT molecular complexity index is 855. The molecule has 1 heterocycles. The van der Waals surface area contributed by atoms with Gasteiger partial charge in [-0.25, -0.2) is 0 Å². The van der Waals surface area contributed by atoms with Crippen LogP contribution in [0.15, 0.2) is 48.5 Å². The molecule has 0 aliphatic carbocycles. The summed E-state index contributed by atoms with van der Waals surface area (Å²) in [7, 11) is 0. The first kappa shape index (κ1) is 17.9. The molecule has 0 saturated heterocycles. The van der Waals surface area contributed by atoms with Gasteiger partial charge in [0.25, 0.3) is 0 Å². The first-order chi connectivity index (χ1) is 12.6. The Morgan fingerprint density at radius 3 is 2.62 bits per heavy atom. The number of rotatable bonds is 4. The summed E-state index contributed by atoms with van der Waals surface area (Å²) < 4.78 is 0. The lowest BCUT2D eigenvalue weighted by atomic mass is 9.95. The zero-order valence-electron chi connectivity index (χ0n) is 15.3. The van der Waals surface area contributed by atoms with Gasteiger partial charge in [0.2, 0.25) is 11.8 Å². The minimum absolute atomic E-state index is 0.0107. The van der Waals surface area contributed by atoms with E-state index in [4.69, 9.17) is 0 Å². The number of amides is 2. The number of para-hydroxylation sites is 1. The highest BCUT2D eigenvalue weighted by molar-refractivity contribution is 5.98. The average Bonchev–Trinajstić information content (AvgIpc) is 2.65. The third-order valence-electron chi connectivity index (χ3n) is 4.65. The van der Waals surface area contributed by atoms with Gasteiger partial charge in [-0.3, -0.25) is 9.59 Å². The van der Waals surface area contributed by atoms with E-state index in [2.05, 4.69) is 30.4 Å². The van der Waals surface area contributed by atoms with Crippen molar-refractivity contribution in [3.8, 4) is 0 Å². The third kappa shape index (κ3) is 3.85. The fourth-order valence-corrected chi connectivity index (χ4v) is 3.26. The van der Waals surface area contributed by atoms with Gasteiger partial charge in [-0.05, 0) is 41.3 Å². The molecule has 4 heteroatoms. The van der Waals surface area contributed by atoms with Crippen molar-refractivity contribution in [1.82, 2.24) is 5.32 Å². The van der Waals surface area contributed by atoms with Gasteiger partial charge in [0.1, 0.15) is 0 Å². The minimum Gasteiger partial charge on any atom is -0.356 e. The van der Waals surface area contributed by atoms with Crippen LogP contribution in [-0.4, -0.2) is 18.4 Å². The van der Waals surface area contributed by atoms with E-state index in [1.807, 2.05) is 41.3 Å². The normalized spacial score (nSPS) is 15.0. The van der Waals surface area contributed by atoms with E-state index in [9.17, 15) is 9.59 Å². The predicted octanol–water partition coefficient (Wildman–Crippen LogP) is 4.01. The quantitative estimate of drug-likeness (QED) is 0.907. The van der Waals surface area contributed by atoms with E-state index >= 15 is 0 Å². The Morgan fingerprint density at radius 1 is 1.08 bits per heavy atom. The molecule has 2 aromatic carbocycles. The Hall–Kier alpha value is -2.88. The van der Waals surface area contributed by atoms with Crippen LogP contribution in [0, 0.1) is 0 Å². The van der Waals surface area contributed by atoms with Gasteiger partial charge >= 0.3 is 0 Å². The lowest BCUT2D eigenvalue weighted by molar-refractivity contribution is -0.121. The maximum absolute atomic E-state index is 12.9. The predicted molar refractivity (Wildman–Crippen MR) is 106 cm³/mol. The third-order valence-corrected chi connectivity index (χ3v) is 4.65. The smallest absolute Gasteiger partial charge is 0.229 e. The summed E-state index contributed by atoms with van der Waals surface area (Å²) >= 11 is 0. The topological polar surface area (TPSA) is 49.4 Å². The molecular formula is C22H24N2O2. The molecule has 0 saturated carbocycles. The van der Waals surface area contributed by atoms with Gasteiger partial charge in [0.05, 0.1) is 12.2 Å². The Labute approximate surface area is 154 Å². The highest BCUT2D eigenvalue weighted by atomic mass is 16.2. The first-order valence-electron chi connectivity index (χ1n) is 9.03. The summed E-state index contributed by atoms with van der Waals surface area (Å²) in [6, 6.07) is 16.1. The van der Waals surface area contributed by atoms with Crippen molar-refractivity contribution in [2.45, 2.75) is 33.2 Å². The monoisotopic (exact) mass is 348 g/mol. The van der Waals surface area contributed by atoms with Crippen LogP contribution in [0.3, 0.4) is 0 Å². The number of benzene rings is 2. The lowest BCUT2D eigenvalue weighted by Gasteiger charge is -2.28. The number of nitrogens with one attached hydrogen (secondary N) is 1. The zero-order chi connectivity index (χ0) is 18.5. The summed E-state index contributed by atoms with van der Waals surface area (Å²) in [5.41, 5.74) is 5.43. The van der Waals surface area contributed by atoms with Gasteiger partial charge in [-0.15, -0.1) is 0 Å². The summed E-state index contributed by atoms with van der Waals surface area (Å²) in [5.74, 6) is -0.0219. The van der Waals surface area contributed by atoms with Gasteiger partial charge in [0.15, 0.2) is 0 Å². The van der Waals surface area contributed by atoms with Crippen molar-refractivity contribution in [1.29, 1.82) is 0 Å². The molecule has 0 aromatic heterocycles. The maximum Gasteiger partial charge on any atom is 0.229 e. The van der Waals surface area contributed by atoms with Crippen molar-refractivity contribution in [3.05, 3.63) is 65.2 Å². The van der Waals surface area contributed by atoms with E-state index in [-0.39, 0.29) is 18.2 Å². The molecule has 1 aliphatic rings. The first-order valence-corrected chi connectivity index (χ1v) is 9.03. The SMILES string of the molecule is CCC(=O)NCCC(=O)N1Cc2ccccc2/C(C)=C\c2ccccc21. The van der Waals surface area contributed by atoms with Crippen LogP contribution in [-0.2, 0) is 16.1 Å². The van der Waals surface area contributed by atoms with E-state index in [0.717, 1.165) is 16.8 Å². The molecule has 0 atom stereocenters. The molecule has 4 nitrogen and oxygen atoms in total. The molecule has 0 radical (unpaired) electrons. The minimum atomic E-state index is -0.0326. The lowest BCUT2D eigenvalue weighted by Crippen LogP contribution is -2.35. The van der Waals surface area contributed by atoms with Crippen LogP contribution in [0.5, 0.6) is 0 Å². The van der Waals surface area contributed by atoms with Crippen molar-refractivity contribution in [2.75, 3.05) is 11.4 Å². The van der Waals surface area contributed by atoms with Crippen LogP contribution in [0.1, 0.15) is 43.4 Å². The number of carbonyl (C=O) groups is 2.